The number of methoxy groups -OCH3 is 1. The van der Waals surface area contributed by atoms with Gasteiger partial charge in [0.15, 0.2) is 0 Å². The molecule has 1 atom stereocenters. The second-order valence-electron chi connectivity index (χ2n) is 3.59. The summed E-state index contributed by atoms with van der Waals surface area (Å²) in [6.45, 7) is 2.34. The molecular formula is C9H16N4O2. The second-order valence-corrected chi connectivity index (χ2v) is 3.59. The monoisotopic (exact) mass is 212 g/mol. The van der Waals surface area contributed by atoms with Crippen LogP contribution in [0.2, 0.25) is 0 Å². The Morgan fingerprint density at radius 3 is 2.87 bits per heavy atom. The van der Waals surface area contributed by atoms with Crippen LogP contribution in [0, 0.1) is 0 Å². The lowest BCUT2D eigenvalue weighted by molar-refractivity contribution is 0.0804. The molecule has 0 radical (unpaired) electrons. The largest absolute Gasteiger partial charge is 0.370 e. The van der Waals surface area contributed by atoms with Gasteiger partial charge in [0.05, 0.1) is 0 Å². The first-order chi connectivity index (χ1) is 7.35. The summed E-state index contributed by atoms with van der Waals surface area (Å²) >= 11 is 0. The number of rotatable bonds is 4. The van der Waals surface area contributed by atoms with Crippen molar-refractivity contribution in [3.8, 4) is 0 Å². The SMILES string of the molecule is COC(CN)c1nc(N2CCCC2)no1. The number of aromatic nitrogens is 2. The molecule has 0 bridgehead atoms. The molecule has 0 aliphatic carbocycles. The number of nitrogens with zero attached hydrogens (tertiary/aromatic N) is 3. The molecule has 2 N–H and O–H groups in total. The molecular weight excluding hydrogens is 196 g/mol. The Bertz CT molecular complexity index is 288. The molecule has 1 aliphatic rings. The van der Waals surface area contributed by atoms with Crippen molar-refractivity contribution in [1.82, 2.24) is 10.1 Å². The number of ether oxygens (including phenoxy) is 1. The summed E-state index contributed by atoms with van der Waals surface area (Å²) in [5, 5.41) is 3.92. The fraction of sp³-hybridized carbons (Fsp3) is 0.778. The standard InChI is InChI=1S/C9H16N4O2/c1-14-7(6-10)8-11-9(12-15-8)13-4-2-3-5-13/h7H,2-6,10H2,1H3. The van der Waals surface area contributed by atoms with Gasteiger partial charge in [-0.25, -0.2) is 0 Å². The van der Waals surface area contributed by atoms with Gasteiger partial charge >= 0.3 is 0 Å². The quantitative estimate of drug-likeness (QED) is 0.774. The Labute approximate surface area is 88.4 Å². The molecule has 0 amide bonds. The maximum absolute atomic E-state index is 5.51. The molecule has 0 spiro atoms. The number of anilines is 1. The molecule has 6 heteroatoms. The Hall–Kier alpha value is -1.14. The van der Waals surface area contributed by atoms with E-state index in [2.05, 4.69) is 15.0 Å². The van der Waals surface area contributed by atoms with Crippen molar-refractivity contribution >= 4 is 5.95 Å². The topological polar surface area (TPSA) is 77.4 Å². The third kappa shape index (κ3) is 2.10. The highest BCUT2D eigenvalue weighted by atomic mass is 16.5. The van der Waals surface area contributed by atoms with Gasteiger partial charge in [-0.3, -0.25) is 0 Å². The van der Waals surface area contributed by atoms with Crippen molar-refractivity contribution in [1.29, 1.82) is 0 Å². The van der Waals surface area contributed by atoms with E-state index in [1.54, 1.807) is 7.11 Å². The van der Waals surface area contributed by atoms with Crippen molar-refractivity contribution in [2.45, 2.75) is 18.9 Å². The third-order valence-electron chi connectivity index (χ3n) is 2.59. The molecule has 15 heavy (non-hydrogen) atoms. The summed E-state index contributed by atoms with van der Waals surface area (Å²) in [6.07, 6.45) is 2.08. The number of hydrogen-bond acceptors (Lipinski definition) is 6. The van der Waals surface area contributed by atoms with E-state index in [1.165, 1.54) is 12.8 Å². The number of nitrogens with two attached hydrogens (primary N) is 1. The minimum absolute atomic E-state index is 0.297. The average Bonchev–Trinajstić information content (AvgIpc) is 2.89. The van der Waals surface area contributed by atoms with Crippen LogP contribution in [0.1, 0.15) is 24.8 Å². The van der Waals surface area contributed by atoms with Crippen LogP contribution in [-0.2, 0) is 4.74 Å². The lowest BCUT2D eigenvalue weighted by Gasteiger charge is -2.10. The molecule has 2 rings (SSSR count). The lowest BCUT2D eigenvalue weighted by atomic mass is 10.3. The minimum atomic E-state index is -0.297. The van der Waals surface area contributed by atoms with Gasteiger partial charge in [-0.05, 0) is 18.0 Å². The summed E-state index contributed by atoms with van der Waals surface area (Å²) in [7, 11) is 1.58. The first-order valence-corrected chi connectivity index (χ1v) is 5.16. The molecule has 1 aromatic rings. The summed E-state index contributed by atoms with van der Waals surface area (Å²) in [4.78, 5) is 6.38. The summed E-state index contributed by atoms with van der Waals surface area (Å²) < 4.78 is 10.2. The maximum Gasteiger partial charge on any atom is 0.266 e. The van der Waals surface area contributed by atoms with Crippen LogP contribution in [0.25, 0.3) is 0 Å². The Morgan fingerprint density at radius 1 is 1.53 bits per heavy atom. The van der Waals surface area contributed by atoms with Gasteiger partial charge in [-0.1, -0.05) is 0 Å². The molecule has 1 aliphatic heterocycles. The molecule has 2 heterocycles. The minimum Gasteiger partial charge on any atom is -0.370 e. The average molecular weight is 212 g/mol. The van der Waals surface area contributed by atoms with Crippen LogP contribution in [0.5, 0.6) is 0 Å². The van der Waals surface area contributed by atoms with E-state index in [4.69, 9.17) is 15.0 Å². The van der Waals surface area contributed by atoms with Crippen LogP contribution in [0.3, 0.4) is 0 Å². The smallest absolute Gasteiger partial charge is 0.266 e. The molecule has 6 nitrogen and oxygen atoms in total. The van der Waals surface area contributed by atoms with Crippen molar-refractivity contribution in [2.24, 2.45) is 5.73 Å². The van der Waals surface area contributed by atoms with Crippen LogP contribution < -0.4 is 10.6 Å². The van der Waals surface area contributed by atoms with E-state index in [0.29, 0.717) is 18.4 Å². The molecule has 0 saturated carbocycles. The van der Waals surface area contributed by atoms with Gasteiger partial charge in [0.25, 0.3) is 11.8 Å². The Kier molecular flexibility index (Phi) is 3.17. The van der Waals surface area contributed by atoms with E-state index in [0.717, 1.165) is 13.1 Å². The second kappa shape index (κ2) is 4.59. The molecule has 1 aromatic heterocycles. The van der Waals surface area contributed by atoms with Gasteiger partial charge in [0, 0.05) is 26.7 Å². The van der Waals surface area contributed by atoms with Crippen molar-refractivity contribution in [2.75, 3.05) is 31.6 Å². The van der Waals surface area contributed by atoms with E-state index >= 15 is 0 Å². The number of hydrogen-bond donors (Lipinski definition) is 1. The van der Waals surface area contributed by atoms with E-state index in [-0.39, 0.29) is 6.10 Å². The summed E-state index contributed by atoms with van der Waals surface area (Å²) in [6, 6.07) is 0. The Morgan fingerprint density at radius 2 is 2.27 bits per heavy atom. The fourth-order valence-electron chi connectivity index (χ4n) is 1.70. The molecule has 1 saturated heterocycles. The van der Waals surface area contributed by atoms with E-state index in [9.17, 15) is 0 Å². The zero-order valence-corrected chi connectivity index (χ0v) is 8.85. The normalized spacial score (nSPS) is 18.4. The van der Waals surface area contributed by atoms with E-state index < -0.39 is 0 Å². The van der Waals surface area contributed by atoms with Crippen LogP contribution in [0.4, 0.5) is 5.95 Å². The first-order valence-electron chi connectivity index (χ1n) is 5.16. The lowest BCUT2D eigenvalue weighted by Crippen LogP contribution is -2.19. The fourth-order valence-corrected chi connectivity index (χ4v) is 1.70. The van der Waals surface area contributed by atoms with Crippen molar-refractivity contribution in [3.05, 3.63) is 5.89 Å². The molecule has 1 fully saturated rings. The summed E-state index contributed by atoms with van der Waals surface area (Å²) in [5.41, 5.74) is 5.51. The Balaban J connectivity index is 2.08. The van der Waals surface area contributed by atoms with E-state index in [1.807, 2.05) is 0 Å². The van der Waals surface area contributed by atoms with Crippen LogP contribution >= 0.6 is 0 Å². The van der Waals surface area contributed by atoms with Crippen molar-refractivity contribution < 1.29 is 9.26 Å². The van der Waals surface area contributed by atoms with Gasteiger partial charge in [0.2, 0.25) is 0 Å². The maximum atomic E-state index is 5.51. The van der Waals surface area contributed by atoms with Crippen LogP contribution in [-0.4, -0.2) is 36.9 Å². The summed E-state index contributed by atoms with van der Waals surface area (Å²) in [5.74, 6) is 1.11. The molecule has 84 valence electrons. The first kappa shape index (κ1) is 10.4. The zero-order valence-electron chi connectivity index (χ0n) is 8.85. The highest BCUT2D eigenvalue weighted by molar-refractivity contribution is 5.29. The predicted molar refractivity (Wildman–Crippen MR) is 54.5 cm³/mol. The van der Waals surface area contributed by atoms with Crippen molar-refractivity contribution in [3.63, 3.8) is 0 Å². The van der Waals surface area contributed by atoms with Gasteiger partial charge in [0.1, 0.15) is 6.10 Å². The van der Waals surface area contributed by atoms with Gasteiger partial charge in [-0.2, -0.15) is 4.98 Å². The van der Waals surface area contributed by atoms with Crippen LogP contribution in [0.15, 0.2) is 4.52 Å². The molecule has 1 unspecified atom stereocenters. The van der Waals surface area contributed by atoms with Gasteiger partial charge in [-0.15, -0.1) is 0 Å². The highest BCUT2D eigenvalue weighted by Gasteiger charge is 2.21. The third-order valence-corrected chi connectivity index (χ3v) is 2.59. The van der Waals surface area contributed by atoms with Gasteiger partial charge < -0.3 is 19.9 Å². The predicted octanol–water partition coefficient (Wildman–Crippen LogP) is 0.316. The zero-order chi connectivity index (χ0) is 10.7. The molecule has 0 aromatic carbocycles. The highest BCUT2D eigenvalue weighted by Crippen LogP contribution is 2.20.